The molecule has 1 N–H and O–H groups in total. The Morgan fingerprint density at radius 1 is 1.50 bits per heavy atom. The summed E-state index contributed by atoms with van der Waals surface area (Å²) in [6.07, 6.45) is 4.78. The summed E-state index contributed by atoms with van der Waals surface area (Å²) >= 11 is 0. The number of hydrogen-bond donors (Lipinski definition) is 1. The fourth-order valence-corrected chi connectivity index (χ4v) is 2.31. The van der Waals surface area contributed by atoms with Crippen molar-refractivity contribution < 1.29 is 9.90 Å². The molecule has 1 fully saturated rings. The van der Waals surface area contributed by atoms with Gasteiger partial charge in [0.25, 0.3) is 5.91 Å². The van der Waals surface area contributed by atoms with Gasteiger partial charge in [-0.3, -0.25) is 9.78 Å². The molecular formula is C13H19N3O2. The molecule has 1 aromatic rings. The Bertz CT molecular complexity index is 428. The van der Waals surface area contributed by atoms with E-state index in [1.165, 1.54) is 12.4 Å². The minimum Gasteiger partial charge on any atom is -0.505 e. The lowest BCUT2D eigenvalue weighted by Gasteiger charge is -2.35. The third kappa shape index (κ3) is 2.61. The molecular weight excluding hydrogens is 230 g/mol. The molecule has 1 aliphatic heterocycles. The van der Waals surface area contributed by atoms with Gasteiger partial charge >= 0.3 is 0 Å². The van der Waals surface area contributed by atoms with Gasteiger partial charge in [-0.05, 0) is 39.0 Å². The van der Waals surface area contributed by atoms with E-state index >= 15 is 0 Å². The Balaban J connectivity index is 2.07. The van der Waals surface area contributed by atoms with Crippen molar-refractivity contribution in [2.45, 2.75) is 18.9 Å². The molecule has 1 saturated heterocycles. The van der Waals surface area contributed by atoms with E-state index in [0.717, 1.165) is 25.9 Å². The second-order valence-electron chi connectivity index (χ2n) is 4.84. The summed E-state index contributed by atoms with van der Waals surface area (Å²) in [5, 5.41) is 9.65. The highest BCUT2D eigenvalue weighted by Gasteiger charge is 2.25. The highest BCUT2D eigenvalue weighted by Crippen LogP contribution is 2.20. The lowest BCUT2D eigenvalue weighted by atomic mass is 10.0. The van der Waals surface area contributed by atoms with E-state index < -0.39 is 0 Å². The van der Waals surface area contributed by atoms with E-state index in [4.69, 9.17) is 0 Å². The first-order chi connectivity index (χ1) is 8.59. The summed E-state index contributed by atoms with van der Waals surface area (Å²) in [5.74, 6) is -0.188. The lowest BCUT2D eigenvalue weighted by molar-refractivity contribution is 0.0656. The number of amides is 1. The number of aromatic nitrogens is 1. The Labute approximate surface area is 107 Å². The van der Waals surface area contributed by atoms with Crippen molar-refractivity contribution in [2.75, 3.05) is 27.2 Å². The van der Waals surface area contributed by atoms with Crippen molar-refractivity contribution in [1.82, 2.24) is 14.8 Å². The first kappa shape index (κ1) is 12.8. The highest BCUT2D eigenvalue weighted by molar-refractivity contribution is 5.96. The zero-order valence-electron chi connectivity index (χ0n) is 10.8. The average molecular weight is 249 g/mol. The van der Waals surface area contributed by atoms with Crippen molar-refractivity contribution in [3.8, 4) is 5.75 Å². The van der Waals surface area contributed by atoms with Crippen LogP contribution in [0, 0.1) is 0 Å². The summed E-state index contributed by atoms with van der Waals surface area (Å²) in [5.41, 5.74) is 0.325. The molecule has 2 heterocycles. The molecule has 0 aromatic carbocycles. The number of pyridine rings is 1. The van der Waals surface area contributed by atoms with Crippen LogP contribution in [0.4, 0.5) is 0 Å². The number of hydrogen-bond acceptors (Lipinski definition) is 4. The molecule has 5 nitrogen and oxygen atoms in total. The van der Waals surface area contributed by atoms with Crippen molar-refractivity contribution in [3.05, 3.63) is 24.0 Å². The third-order valence-electron chi connectivity index (χ3n) is 3.59. The van der Waals surface area contributed by atoms with Crippen LogP contribution in [0.1, 0.15) is 23.2 Å². The Hall–Kier alpha value is -1.62. The molecule has 1 amide bonds. The predicted octanol–water partition coefficient (Wildman–Crippen LogP) is 0.953. The van der Waals surface area contributed by atoms with Crippen LogP contribution in [-0.4, -0.2) is 59.0 Å². The summed E-state index contributed by atoms with van der Waals surface area (Å²) in [4.78, 5) is 20.1. The van der Waals surface area contributed by atoms with Crippen LogP contribution in [0.5, 0.6) is 5.75 Å². The van der Waals surface area contributed by atoms with E-state index in [2.05, 4.69) is 16.9 Å². The van der Waals surface area contributed by atoms with Gasteiger partial charge in [0.15, 0.2) is 0 Å². The van der Waals surface area contributed by atoms with Gasteiger partial charge in [0.2, 0.25) is 0 Å². The van der Waals surface area contributed by atoms with Crippen molar-refractivity contribution >= 4 is 5.91 Å². The van der Waals surface area contributed by atoms with Crippen molar-refractivity contribution in [1.29, 1.82) is 0 Å². The van der Waals surface area contributed by atoms with Gasteiger partial charge in [-0.15, -0.1) is 0 Å². The van der Waals surface area contributed by atoms with Crippen LogP contribution >= 0.6 is 0 Å². The van der Waals surface area contributed by atoms with Gasteiger partial charge in [-0.25, -0.2) is 0 Å². The first-order valence-corrected chi connectivity index (χ1v) is 6.18. The maximum atomic E-state index is 12.3. The molecule has 0 unspecified atom stereocenters. The molecule has 0 radical (unpaired) electrons. The molecule has 2 rings (SSSR count). The second kappa shape index (κ2) is 5.35. The summed E-state index contributed by atoms with van der Waals surface area (Å²) in [6, 6.07) is 1.81. The molecule has 1 aliphatic rings. The number of likely N-dealkylation sites (tertiary alicyclic amines) is 1. The van der Waals surface area contributed by atoms with Gasteiger partial charge in [0, 0.05) is 19.3 Å². The SMILES string of the molecule is CN1CCC(N(C)C(=O)c2ccncc2O)CC1. The highest BCUT2D eigenvalue weighted by atomic mass is 16.3. The van der Waals surface area contributed by atoms with E-state index in [-0.39, 0.29) is 17.7 Å². The molecule has 18 heavy (non-hydrogen) atoms. The van der Waals surface area contributed by atoms with Gasteiger partial charge in [-0.1, -0.05) is 0 Å². The van der Waals surface area contributed by atoms with Gasteiger partial charge in [-0.2, -0.15) is 0 Å². The van der Waals surface area contributed by atoms with Crippen LogP contribution in [0.2, 0.25) is 0 Å². The largest absolute Gasteiger partial charge is 0.505 e. The standard InChI is InChI=1S/C13H19N3O2/c1-15-7-4-10(5-8-15)16(2)13(18)11-3-6-14-9-12(11)17/h3,6,9-10,17H,4-5,7-8H2,1-2H3. The number of carbonyl (C=O) groups is 1. The number of nitrogens with zero attached hydrogens (tertiary/aromatic N) is 3. The molecule has 0 atom stereocenters. The molecule has 5 heteroatoms. The number of piperidine rings is 1. The zero-order chi connectivity index (χ0) is 13.1. The Kier molecular flexibility index (Phi) is 3.81. The lowest BCUT2D eigenvalue weighted by Crippen LogP contribution is -2.44. The van der Waals surface area contributed by atoms with Gasteiger partial charge in [0.1, 0.15) is 5.75 Å². The quantitative estimate of drug-likeness (QED) is 0.848. The number of aromatic hydroxyl groups is 1. The Morgan fingerprint density at radius 2 is 2.17 bits per heavy atom. The van der Waals surface area contributed by atoms with Crippen LogP contribution in [-0.2, 0) is 0 Å². The average Bonchev–Trinajstić information content (AvgIpc) is 2.38. The van der Waals surface area contributed by atoms with E-state index in [1.54, 1.807) is 18.0 Å². The maximum Gasteiger partial charge on any atom is 0.257 e. The molecule has 98 valence electrons. The minimum absolute atomic E-state index is 0.0534. The smallest absolute Gasteiger partial charge is 0.257 e. The van der Waals surface area contributed by atoms with Crippen molar-refractivity contribution in [2.24, 2.45) is 0 Å². The van der Waals surface area contributed by atoms with Crippen LogP contribution in [0.25, 0.3) is 0 Å². The fourth-order valence-electron chi connectivity index (χ4n) is 2.31. The van der Waals surface area contributed by atoms with E-state index in [1.807, 2.05) is 0 Å². The normalized spacial score (nSPS) is 17.7. The van der Waals surface area contributed by atoms with Gasteiger partial charge in [0.05, 0.1) is 11.8 Å². The minimum atomic E-state index is -0.135. The molecule has 0 bridgehead atoms. The fraction of sp³-hybridized carbons (Fsp3) is 0.538. The van der Waals surface area contributed by atoms with Crippen molar-refractivity contribution in [3.63, 3.8) is 0 Å². The number of rotatable bonds is 2. The molecule has 0 aliphatic carbocycles. The molecule has 0 saturated carbocycles. The first-order valence-electron chi connectivity index (χ1n) is 6.18. The van der Waals surface area contributed by atoms with E-state index in [0.29, 0.717) is 5.56 Å². The third-order valence-corrected chi connectivity index (χ3v) is 3.59. The summed E-state index contributed by atoms with van der Waals surface area (Å²) in [6.45, 7) is 2.01. The number of carbonyl (C=O) groups excluding carboxylic acids is 1. The molecule has 1 aromatic heterocycles. The zero-order valence-corrected chi connectivity index (χ0v) is 10.8. The maximum absolute atomic E-state index is 12.3. The monoisotopic (exact) mass is 249 g/mol. The van der Waals surface area contributed by atoms with Gasteiger partial charge < -0.3 is 14.9 Å². The van der Waals surface area contributed by atoms with Crippen LogP contribution in [0.3, 0.4) is 0 Å². The van der Waals surface area contributed by atoms with Crippen LogP contribution in [0.15, 0.2) is 18.5 Å². The summed E-state index contributed by atoms with van der Waals surface area (Å²) < 4.78 is 0. The summed E-state index contributed by atoms with van der Waals surface area (Å²) in [7, 11) is 3.89. The van der Waals surface area contributed by atoms with Crippen LogP contribution < -0.4 is 0 Å². The Morgan fingerprint density at radius 3 is 2.78 bits per heavy atom. The predicted molar refractivity (Wildman–Crippen MR) is 68.5 cm³/mol. The second-order valence-corrected chi connectivity index (χ2v) is 4.84. The topological polar surface area (TPSA) is 56.7 Å². The van der Waals surface area contributed by atoms with E-state index in [9.17, 15) is 9.90 Å². The molecule has 0 spiro atoms.